The number of carbonyl (C=O) groups is 1. The van der Waals surface area contributed by atoms with Gasteiger partial charge in [0.05, 0.1) is 6.20 Å². The highest BCUT2D eigenvalue weighted by Gasteiger charge is 2.17. The van der Waals surface area contributed by atoms with Gasteiger partial charge in [-0.25, -0.2) is 4.79 Å². The quantitative estimate of drug-likeness (QED) is 0.768. The minimum Gasteiger partial charge on any atom is -0.355 e. The third-order valence-electron chi connectivity index (χ3n) is 3.82. The second kappa shape index (κ2) is 7.12. The van der Waals surface area contributed by atoms with E-state index in [4.69, 9.17) is 4.52 Å². The summed E-state index contributed by atoms with van der Waals surface area (Å²) in [6, 6.07) is 11.1. The lowest BCUT2D eigenvalue weighted by atomic mass is 10.1. The van der Waals surface area contributed by atoms with Gasteiger partial charge in [-0.1, -0.05) is 35.5 Å². The summed E-state index contributed by atoms with van der Waals surface area (Å²) in [5.41, 5.74) is 2.31. The van der Waals surface area contributed by atoms with Crippen molar-refractivity contribution in [2.24, 2.45) is 0 Å². The van der Waals surface area contributed by atoms with E-state index in [1.54, 1.807) is 6.92 Å². The van der Waals surface area contributed by atoms with E-state index in [1.165, 1.54) is 10.8 Å². The van der Waals surface area contributed by atoms with Gasteiger partial charge in [-0.05, 0) is 19.9 Å². The molecule has 0 unspecified atom stereocenters. The summed E-state index contributed by atoms with van der Waals surface area (Å²) in [4.78, 5) is 28.2. The molecular formula is C18H18N4O3. The molecule has 2 aromatic heterocycles. The van der Waals surface area contributed by atoms with Crippen LogP contribution in [0.4, 0.5) is 0 Å². The van der Waals surface area contributed by atoms with Crippen molar-refractivity contribution in [3.05, 3.63) is 70.0 Å². The Balaban J connectivity index is 1.69. The topological polar surface area (TPSA) is 90.0 Å². The molecule has 0 saturated carbocycles. The normalized spacial score (nSPS) is 10.6. The van der Waals surface area contributed by atoms with E-state index in [2.05, 4.69) is 15.5 Å². The molecule has 7 heteroatoms. The number of nitrogens with zero attached hydrogens (tertiary/aromatic N) is 3. The van der Waals surface area contributed by atoms with Crippen molar-refractivity contribution >= 4 is 5.91 Å². The molecule has 2 heterocycles. The van der Waals surface area contributed by atoms with Crippen LogP contribution in [0.1, 0.15) is 21.7 Å². The lowest BCUT2D eigenvalue weighted by Crippen LogP contribution is -2.33. The number of carbonyl (C=O) groups excluding carboxylic acids is 1. The highest BCUT2D eigenvalue weighted by atomic mass is 16.5. The van der Waals surface area contributed by atoms with E-state index in [0.29, 0.717) is 30.1 Å². The van der Waals surface area contributed by atoms with Crippen molar-refractivity contribution in [3.8, 4) is 11.3 Å². The molecule has 3 rings (SSSR count). The molecule has 0 fully saturated rings. The van der Waals surface area contributed by atoms with Gasteiger partial charge in [0.15, 0.2) is 5.76 Å². The maximum atomic E-state index is 12.4. The number of aryl methyl sites for hydroxylation is 2. The Labute approximate surface area is 144 Å². The van der Waals surface area contributed by atoms with Crippen LogP contribution in [0.25, 0.3) is 11.3 Å². The van der Waals surface area contributed by atoms with Gasteiger partial charge in [0.25, 0.3) is 5.91 Å². The number of aromatic nitrogens is 3. The van der Waals surface area contributed by atoms with Crippen LogP contribution in [0.5, 0.6) is 0 Å². The Morgan fingerprint density at radius 1 is 1.24 bits per heavy atom. The monoisotopic (exact) mass is 338 g/mol. The fraction of sp³-hybridized carbons (Fsp3) is 0.222. The Hall–Kier alpha value is -3.22. The molecule has 3 aromatic rings. The third-order valence-corrected chi connectivity index (χ3v) is 3.82. The molecule has 7 nitrogen and oxygen atoms in total. The molecule has 1 aromatic carbocycles. The second-order valence-electron chi connectivity index (χ2n) is 5.66. The van der Waals surface area contributed by atoms with Gasteiger partial charge >= 0.3 is 5.69 Å². The van der Waals surface area contributed by atoms with Gasteiger partial charge in [0.2, 0.25) is 0 Å². The Morgan fingerprint density at radius 2 is 2.00 bits per heavy atom. The molecule has 0 aliphatic rings. The number of nitrogens with one attached hydrogen (secondary N) is 1. The van der Waals surface area contributed by atoms with Gasteiger partial charge in [0.1, 0.15) is 5.56 Å². The largest absolute Gasteiger partial charge is 0.355 e. The molecule has 0 spiro atoms. The van der Waals surface area contributed by atoms with Gasteiger partial charge < -0.3 is 9.84 Å². The van der Waals surface area contributed by atoms with Crippen LogP contribution in [-0.4, -0.2) is 27.2 Å². The molecule has 0 aliphatic carbocycles. The van der Waals surface area contributed by atoms with Crippen LogP contribution in [0.15, 0.2) is 51.9 Å². The lowest BCUT2D eigenvalue weighted by Gasteiger charge is -2.10. The first kappa shape index (κ1) is 16.6. The van der Waals surface area contributed by atoms with Gasteiger partial charge in [-0.2, -0.15) is 4.98 Å². The summed E-state index contributed by atoms with van der Waals surface area (Å²) in [6.45, 7) is 4.25. The highest BCUT2D eigenvalue weighted by Crippen LogP contribution is 2.22. The molecule has 25 heavy (non-hydrogen) atoms. The zero-order valence-electron chi connectivity index (χ0n) is 14.0. The SMILES string of the molecule is Cc1cc(C)n(CCNC(=O)c2cnoc2-c2ccccc2)c(=O)n1. The zero-order valence-corrected chi connectivity index (χ0v) is 14.0. The third kappa shape index (κ3) is 3.65. The molecule has 1 amide bonds. The summed E-state index contributed by atoms with van der Waals surface area (Å²) in [7, 11) is 0. The fourth-order valence-corrected chi connectivity index (χ4v) is 2.62. The summed E-state index contributed by atoms with van der Waals surface area (Å²) in [6.07, 6.45) is 1.39. The molecule has 0 atom stereocenters. The molecular weight excluding hydrogens is 320 g/mol. The number of benzene rings is 1. The van der Waals surface area contributed by atoms with Crippen LogP contribution in [-0.2, 0) is 6.54 Å². The Kier molecular flexibility index (Phi) is 4.74. The van der Waals surface area contributed by atoms with Crippen molar-refractivity contribution in [3.63, 3.8) is 0 Å². The Morgan fingerprint density at radius 3 is 2.72 bits per heavy atom. The van der Waals surface area contributed by atoms with E-state index < -0.39 is 0 Å². The highest BCUT2D eigenvalue weighted by molar-refractivity contribution is 5.99. The minimum atomic E-state index is -0.318. The van der Waals surface area contributed by atoms with Crippen LogP contribution < -0.4 is 11.0 Å². The van der Waals surface area contributed by atoms with E-state index in [1.807, 2.05) is 43.3 Å². The molecule has 0 radical (unpaired) electrons. The zero-order chi connectivity index (χ0) is 17.8. The average Bonchev–Trinajstić information content (AvgIpc) is 3.07. The number of hydrogen-bond acceptors (Lipinski definition) is 5. The van der Waals surface area contributed by atoms with Crippen LogP contribution in [0, 0.1) is 13.8 Å². The minimum absolute atomic E-state index is 0.295. The van der Waals surface area contributed by atoms with E-state index >= 15 is 0 Å². The molecule has 0 bridgehead atoms. The predicted molar refractivity (Wildman–Crippen MR) is 92.2 cm³/mol. The van der Waals surface area contributed by atoms with Gasteiger partial charge in [-0.3, -0.25) is 9.36 Å². The van der Waals surface area contributed by atoms with E-state index in [-0.39, 0.29) is 11.6 Å². The van der Waals surface area contributed by atoms with Crippen LogP contribution in [0.3, 0.4) is 0 Å². The lowest BCUT2D eigenvalue weighted by molar-refractivity contribution is 0.0952. The van der Waals surface area contributed by atoms with Crippen LogP contribution in [0.2, 0.25) is 0 Å². The number of hydrogen-bond donors (Lipinski definition) is 1. The van der Waals surface area contributed by atoms with Gasteiger partial charge in [-0.15, -0.1) is 0 Å². The molecule has 0 saturated heterocycles. The molecule has 1 N–H and O–H groups in total. The smallest absolute Gasteiger partial charge is 0.348 e. The standard InChI is InChI=1S/C18H18N4O3/c1-12-10-13(2)22(18(24)21-12)9-8-19-17(23)15-11-20-25-16(15)14-6-4-3-5-7-14/h3-7,10-11H,8-9H2,1-2H3,(H,19,23). The maximum Gasteiger partial charge on any atom is 0.348 e. The van der Waals surface area contributed by atoms with E-state index in [0.717, 1.165) is 11.3 Å². The average molecular weight is 338 g/mol. The van der Waals surface area contributed by atoms with Crippen molar-refractivity contribution in [1.82, 2.24) is 20.0 Å². The predicted octanol–water partition coefficient (Wildman–Crippen LogP) is 1.95. The molecule has 128 valence electrons. The fourth-order valence-electron chi connectivity index (χ4n) is 2.62. The number of amides is 1. The molecule has 0 aliphatic heterocycles. The summed E-state index contributed by atoms with van der Waals surface area (Å²) >= 11 is 0. The van der Waals surface area contributed by atoms with Crippen molar-refractivity contribution in [2.45, 2.75) is 20.4 Å². The van der Waals surface area contributed by atoms with E-state index in [9.17, 15) is 9.59 Å². The summed E-state index contributed by atoms with van der Waals surface area (Å²) in [5, 5.41) is 6.51. The Bertz CT molecular complexity index is 944. The number of rotatable bonds is 5. The summed E-state index contributed by atoms with van der Waals surface area (Å²) in [5.74, 6) is 0.120. The maximum absolute atomic E-state index is 12.4. The van der Waals surface area contributed by atoms with Crippen molar-refractivity contribution < 1.29 is 9.32 Å². The van der Waals surface area contributed by atoms with Crippen molar-refractivity contribution in [2.75, 3.05) is 6.54 Å². The first-order valence-electron chi connectivity index (χ1n) is 7.89. The van der Waals surface area contributed by atoms with Crippen molar-refractivity contribution in [1.29, 1.82) is 0 Å². The van der Waals surface area contributed by atoms with Crippen LogP contribution >= 0.6 is 0 Å². The van der Waals surface area contributed by atoms with Gasteiger partial charge in [0, 0.05) is 30.0 Å². The second-order valence-corrected chi connectivity index (χ2v) is 5.66. The first-order valence-corrected chi connectivity index (χ1v) is 7.89. The first-order chi connectivity index (χ1) is 12.1. The summed E-state index contributed by atoms with van der Waals surface area (Å²) < 4.78 is 6.74.